The molecule has 0 saturated carbocycles. The maximum absolute atomic E-state index is 11.8. The van der Waals surface area contributed by atoms with Gasteiger partial charge in [0, 0.05) is 32.7 Å². The number of aromatic nitrogens is 2. The molecule has 1 aromatic carbocycles. The van der Waals surface area contributed by atoms with Crippen molar-refractivity contribution in [2.75, 3.05) is 51.7 Å². The van der Waals surface area contributed by atoms with E-state index in [4.69, 9.17) is 4.74 Å². The third-order valence-electron chi connectivity index (χ3n) is 4.09. The maximum Gasteiger partial charge on any atom is 0.414 e. The number of ether oxygens (including phenoxy) is 1. The van der Waals surface area contributed by atoms with Gasteiger partial charge in [-0.05, 0) is 31.7 Å². The van der Waals surface area contributed by atoms with Crippen LogP contribution >= 0.6 is 0 Å². The van der Waals surface area contributed by atoms with Crippen LogP contribution in [0, 0.1) is 6.92 Å². The summed E-state index contributed by atoms with van der Waals surface area (Å²) in [5.74, 6) is 0.412. The first-order chi connectivity index (χ1) is 11.1. The third kappa shape index (κ3) is 4.20. The first-order valence-corrected chi connectivity index (χ1v) is 7.91. The summed E-state index contributed by atoms with van der Waals surface area (Å²) in [6.45, 7) is 7.32. The lowest BCUT2D eigenvalue weighted by atomic mass is 10.2. The molecule has 1 fully saturated rings. The molecule has 2 heterocycles. The molecule has 1 amide bonds. The Hall–Kier alpha value is -2.12. The fraction of sp³-hybridized carbons (Fsp3) is 0.500. The van der Waals surface area contributed by atoms with Crippen molar-refractivity contribution in [1.82, 2.24) is 19.8 Å². The molecule has 0 atom stereocenters. The lowest BCUT2D eigenvalue weighted by Gasteiger charge is -2.31. The summed E-state index contributed by atoms with van der Waals surface area (Å²) in [7, 11) is 2.12. The Morgan fingerprint density at radius 2 is 2.13 bits per heavy atom. The van der Waals surface area contributed by atoms with Gasteiger partial charge in [0.1, 0.15) is 6.61 Å². The Balaban J connectivity index is 1.45. The number of H-pyrrole nitrogens is 1. The summed E-state index contributed by atoms with van der Waals surface area (Å²) < 4.78 is 5.23. The lowest BCUT2D eigenvalue weighted by molar-refractivity contribution is 0.111. The minimum atomic E-state index is -0.477. The van der Waals surface area contributed by atoms with Gasteiger partial charge in [0.25, 0.3) is 0 Å². The summed E-state index contributed by atoms with van der Waals surface area (Å²) in [5, 5.41) is 2.64. The molecule has 1 saturated heterocycles. The first kappa shape index (κ1) is 15.8. The van der Waals surface area contributed by atoms with Crippen molar-refractivity contribution in [3.05, 3.63) is 23.8 Å². The number of rotatable bonds is 4. The number of nitrogens with zero attached hydrogens (tertiary/aromatic N) is 3. The standard InChI is InChI=1S/C16H23N5O2/c1-12-3-4-13-14(11-12)18-15(17-13)19-16(22)23-10-9-21-7-5-20(2)6-8-21/h3-4,11H,5-10H2,1-2H3,(H2,17,18,19,22). The van der Waals surface area contributed by atoms with Crippen molar-refractivity contribution in [2.45, 2.75) is 6.92 Å². The Kier molecular flexibility index (Phi) is 4.78. The predicted molar refractivity (Wildman–Crippen MR) is 89.7 cm³/mol. The van der Waals surface area contributed by atoms with E-state index in [1.807, 2.05) is 25.1 Å². The maximum atomic E-state index is 11.8. The smallest absolute Gasteiger partial charge is 0.414 e. The van der Waals surface area contributed by atoms with Gasteiger partial charge in [-0.25, -0.2) is 9.78 Å². The van der Waals surface area contributed by atoms with E-state index in [1.54, 1.807) is 0 Å². The fourth-order valence-corrected chi connectivity index (χ4v) is 2.65. The van der Waals surface area contributed by atoms with E-state index in [0.717, 1.165) is 49.3 Å². The van der Waals surface area contributed by atoms with Gasteiger partial charge < -0.3 is 14.6 Å². The second-order valence-electron chi connectivity index (χ2n) is 6.01. The number of amides is 1. The van der Waals surface area contributed by atoms with E-state index >= 15 is 0 Å². The van der Waals surface area contributed by atoms with E-state index in [1.165, 1.54) is 0 Å². The molecule has 124 valence electrons. The van der Waals surface area contributed by atoms with Gasteiger partial charge in [0.05, 0.1) is 11.0 Å². The van der Waals surface area contributed by atoms with Crippen molar-refractivity contribution >= 4 is 23.1 Å². The average molecular weight is 317 g/mol. The van der Waals surface area contributed by atoms with Gasteiger partial charge in [0.2, 0.25) is 5.95 Å². The van der Waals surface area contributed by atoms with Crippen LogP contribution in [0.3, 0.4) is 0 Å². The van der Waals surface area contributed by atoms with Gasteiger partial charge in [-0.3, -0.25) is 10.2 Å². The summed E-state index contributed by atoms with van der Waals surface area (Å²) >= 11 is 0. The predicted octanol–water partition coefficient (Wildman–Crippen LogP) is 1.67. The van der Waals surface area contributed by atoms with Gasteiger partial charge >= 0.3 is 6.09 Å². The number of nitrogens with one attached hydrogen (secondary N) is 2. The summed E-state index contributed by atoms with van der Waals surface area (Å²) in [6, 6.07) is 5.90. The van der Waals surface area contributed by atoms with Crippen molar-refractivity contribution in [2.24, 2.45) is 0 Å². The number of fused-ring (bicyclic) bond motifs is 1. The molecule has 0 aliphatic carbocycles. The minimum Gasteiger partial charge on any atom is -0.448 e. The molecular weight excluding hydrogens is 294 g/mol. The molecule has 23 heavy (non-hydrogen) atoms. The number of hydrogen-bond acceptors (Lipinski definition) is 5. The third-order valence-corrected chi connectivity index (χ3v) is 4.09. The highest BCUT2D eigenvalue weighted by Crippen LogP contribution is 2.15. The Bertz CT molecular complexity index is 676. The molecule has 0 spiro atoms. The molecule has 1 aliphatic rings. The molecule has 7 heteroatoms. The largest absolute Gasteiger partial charge is 0.448 e. The lowest BCUT2D eigenvalue weighted by Crippen LogP contribution is -2.45. The second kappa shape index (κ2) is 6.97. The number of piperazine rings is 1. The molecule has 1 aliphatic heterocycles. The zero-order valence-electron chi connectivity index (χ0n) is 13.6. The number of carbonyl (C=O) groups excluding carboxylic acids is 1. The van der Waals surface area contributed by atoms with Crippen LogP contribution in [0.15, 0.2) is 18.2 Å². The Labute approximate surface area is 135 Å². The van der Waals surface area contributed by atoms with Crippen LogP contribution in [0.2, 0.25) is 0 Å². The van der Waals surface area contributed by atoms with Crippen LogP contribution < -0.4 is 5.32 Å². The molecule has 0 unspecified atom stereocenters. The van der Waals surface area contributed by atoms with E-state index < -0.39 is 6.09 Å². The van der Waals surface area contributed by atoms with Crippen molar-refractivity contribution in [3.63, 3.8) is 0 Å². The zero-order chi connectivity index (χ0) is 16.2. The number of anilines is 1. The molecular formula is C16H23N5O2. The fourth-order valence-electron chi connectivity index (χ4n) is 2.65. The SMILES string of the molecule is Cc1ccc2nc(NC(=O)OCCN3CCN(C)CC3)[nH]c2c1. The normalized spacial score (nSPS) is 16.6. The van der Waals surface area contributed by atoms with Crippen LogP contribution in [0.4, 0.5) is 10.7 Å². The molecule has 0 radical (unpaired) electrons. The van der Waals surface area contributed by atoms with Gasteiger partial charge in [-0.15, -0.1) is 0 Å². The number of imidazole rings is 1. The van der Waals surface area contributed by atoms with Gasteiger partial charge in [-0.2, -0.15) is 0 Å². The minimum absolute atomic E-state index is 0.384. The van der Waals surface area contributed by atoms with Crippen LogP contribution in [-0.2, 0) is 4.74 Å². The molecule has 2 N–H and O–H groups in total. The molecule has 0 bridgehead atoms. The van der Waals surface area contributed by atoms with Gasteiger partial charge in [-0.1, -0.05) is 6.07 Å². The van der Waals surface area contributed by atoms with E-state index in [2.05, 4.69) is 32.1 Å². The van der Waals surface area contributed by atoms with Crippen molar-refractivity contribution in [3.8, 4) is 0 Å². The highest BCUT2D eigenvalue weighted by Gasteiger charge is 2.14. The zero-order valence-corrected chi connectivity index (χ0v) is 13.6. The Morgan fingerprint density at radius 3 is 2.91 bits per heavy atom. The number of carbonyl (C=O) groups is 1. The Morgan fingerprint density at radius 1 is 1.35 bits per heavy atom. The van der Waals surface area contributed by atoms with Crippen molar-refractivity contribution in [1.29, 1.82) is 0 Å². The number of aryl methyl sites for hydroxylation is 1. The molecule has 2 aromatic rings. The number of likely N-dealkylation sites (N-methyl/N-ethyl adjacent to an activating group) is 1. The van der Waals surface area contributed by atoms with E-state index in [9.17, 15) is 4.79 Å². The van der Waals surface area contributed by atoms with Crippen LogP contribution in [0.5, 0.6) is 0 Å². The van der Waals surface area contributed by atoms with Crippen LogP contribution in [-0.4, -0.2) is 72.2 Å². The summed E-state index contributed by atoms with van der Waals surface area (Å²) in [6.07, 6.45) is -0.477. The first-order valence-electron chi connectivity index (χ1n) is 7.91. The van der Waals surface area contributed by atoms with Crippen LogP contribution in [0.25, 0.3) is 11.0 Å². The highest BCUT2D eigenvalue weighted by atomic mass is 16.5. The van der Waals surface area contributed by atoms with E-state index in [-0.39, 0.29) is 0 Å². The molecule has 3 rings (SSSR count). The topological polar surface area (TPSA) is 73.5 Å². The summed E-state index contributed by atoms with van der Waals surface area (Å²) in [5.41, 5.74) is 2.86. The number of hydrogen-bond donors (Lipinski definition) is 2. The van der Waals surface area contributed by atoms with E-state index in [0.29, 0.717) is 12.6 Å². The van der Waals surface area contributed by atoms with Crippen molar-refractivity contribution < 1.29 is 9.53 Å². The average Bonchev–Trinajstić information content (AvgIpc) is 2.90. The molecule has 7 nitrogen and oxygen atoms in total. The quantitative estimate of drug-likeness (QED) is 0.897. The monoisotopic (exact) mass is 317 g/mol. The molecule has 1 aromatic heterocycles. The second-order valence-corrected chi connectivity index (χ2v) is 6.01. The highest BCUT2D eigenvalue weighted by molar-refractivity contribution is 5.86. The number of aromatic amines is 1. The number of benzene rings is 1. The van der Waals surface area contributed by atoms with Gasteiger partial charge in [0.15, 0.2) is 0 Å². The summed E-state index contributed by atoms with van der Waals surface area (Å²) in [4.78, 5) is 23.8. The van der Waals surface area contributed by atoms with Crippen LogP contribution in [0.1, 0.15) is 5.56 Å².